The molecular weight excluding hydrogens is 247 g/mol. The fourth-order valence-corrected chi connectivity index (χ4v) is 2.97. The summed E-state index contributed by atoms with van der Waals surface area (Å²) < 4.78 is 10.8. The molecule has 3 heteroatoms. The minimum absolute atomic E-state index is 0.638. The first-order valence-electron chi connectivity index (χ1n) is 4.11. The molecule has 0 aliphatic heterocycles. The molecule has 0 aliphatic carbocycles. The van der Waals surface area contributed by atoms with Crippen molar-refractivity contribution in [2.75, 3.05) is 13.2 Å². The molecule has 0 atom stereocenters. The molecule has 0 heterocycles. The van der Waals surface area contributed by atoms with Crippen LogP contribution in [-0.4, -0.2) is 35.2 Å². The molecule has 0 N–H and O–H groups in total. The molecule has 2 nitrogen and oxygen atoms in total. The van der Waals surface area contributed by atoms with Crippen LogP contribution in [0.3, 0.4) is 0 Å². The van der Waals surface area contributed by atoms with Gasteiger partial charge in [-0.1, -0.05) is 0 Å². The molecule has 2 radical (unpaired) electrons. The number of hydrogen-bond acceptors (Lipinski definition) is 2. The van der Waals surface area contributed by atoms with Crippen molar-refractivity contribution in [3.8, 4) is 0 Å². The zero-order valence-corrected chi connectivity index (χ0v) is 10.7. The van der Waals surface area contributed by atoms with Gasteiger partial charge in [-0.15, -0.1) is 0 Å². The first-order valence-corrected chi connectivity index (χ1v) is 6.44. The Morgan fingerprint density at radius 1 is 0.909 bits per heavy atom. The maximum atomic E-state index is 5.39. The van der Waals surface area contributed by atoms with Gasteiger partial charge in [-0.05, 0) is 0 Å². The summed E-state index contributed by atoms with van der Waals surface area (Å²) in [5, 5.41) is 0. The third kappa shape index (κ3) is 10.7. The van der Waals surface area contributed by atoms with E-state index in [1.807, 2.05) is 0 Å². The predicted molar refractivity (Wildman–Crippen MR) is 47.3 cm³/mol. The second kappa shape index (κ2) is 7.37. The molecule has 11 heavy (non-hydrogen) atoms. The Morgan fingerprint density at radius 3 is 1.55 bits per heavy atom. The minimum atomic E-state index is -0.924. The summed E-state index contributed by atoms with van der Waals surface area (Å²) in [5.74, 6) is 1.28. The summed E-state index contributed by atoms with van der Waals surface area (Å²) in [6.45, 7) is 10.3. The van der Waals surface area contributed by atoms with Gasteiger partial charge < -0.3 is 0 Å². The fourth-order valence-electron chi connectivity index (χ4n) is 0.443. The van der Waals surface area contributed by atoms with Crippen LogP contribution in [0.2, 0.25) is 0 Å². The Kier molecular flexibility index (Phi) is 7.85. The standard InChI is InChI=1S/2C4H9O.Sn/c2*1-4(2)3-5;/h2*4H,3H2,1-2H3;/q2*-1;+2. The van der Waals surface area contributed by atoms with E-state index >= 15 is 0 Å². The Hall–Kier alpha value is 0.719. The van der Waals surface area contributed by atoms with Gasteiger partial charge >= 0.3 is 80.9 Å². The van der Waals surface area contributed by atoms with Crippen molar-refractivity contribution < 1.29 is 6.15 Å². The van der Waals surface area contributed by atoms with E-state index in [0.717, 1.165) is 13.2 Å². The number of rotatable bonds is 6. The summed E-state index contributed by atoms with van der Waals surface area (Å²) in [7, 11) is 0. The van der Waals surface area contributed by atoms with Gasteiger partial charge in [-0.25, -0.2) is 0 Å². The van der Waals surface area contributed by atoms with Crippen LogP contribution in [0.15, 0.2) is 0 Å². The van der Waals surface area contributed by atoms with Crippen LogP contribution in [0.4, 0.5) is 0 Å². The first-order chi connectivity index (χ1) is 5.13. The van der Waals surface area contributed by atoms with Crippen LogP contribution in [0, 0.1) is 11.8 Å². The summed E-state index contributed by atoms with van der Waals surface area (Å²) in [4.78, 5) is 0. The molecule has 0 unspecified atom stereocenters. The van der Waals surface area contributed by atoms with Gasteiger partial charge in [0.1, 0.15) is 0 Å². The molecule has 0 aliphatic rings. The molecule has 0 saturated carbocycles. The average molecular weight is 265 g/mol. The zero-order chi connectivity index (χ0) is 8.69. The normalized spacial score (nSPS) is 11.5. The van der Waals surface area contributed by atoms with Gasteiger partial charge in [0.05, 0.1) is 0 Å². The van der Waals surface area contributed by atoms with E-state index in [-0.39, 0.29) is 0 Å². The summed E-state index contributed by atoms with van der Waals surface area (Å²) in [6.07, 6.45) is 0. The molecular formula is C8H18O2Sn. The van der Waals surface area contributed by atoms with Crippen LogP contribution in [-0.2, 0) is 6.15 Å². The molecule has 0 bridgehead atoms. The maximum absolute atomic E-state index is 5.39. The van der Waals surface area contributed by atoms with Crippen molar-refractivity contribution in [2.45, 2.75) is 27.7 Å². The van der Waals surface area contributed by atoms with Gasteiger partial charge in [0.2, 0.25) is 0 Å². The molecule has 0 aromatic rings. The SMILES string of the molecule is CC(C)C[O][Sn][O]CC(C)C. The third-order valence-corrected chi connectivity index (χ3v) is 2.58. The average Bonchev–Trinajstić information content (AvgIpc) is 1.85. The Labute approximate surface area is 81.0 Å². The molecule has 0 spiro atoms. The Bertz CT molecular complexity index is 74.2. The zero-order valence-electron chi connectivity index (χ0n) is 7.89. The predicted octanol–water partition coefficient (Wildman–Crippen LogP) is 1.87. The van der Waals surface area contributed by atoms with Crippen molar-refractivity contribution >= 4 is 22.0 Å². The van der Waals surface area contributed by atoms with Crippen LogP contribution in [0.5, 0.6) is 0 Å². The molecule has 0 amide bonds. The molecule has 0 fully saturated rings. The van der Waals surface area contributed by atoms with Gasteiger partial charge in [0.25, 0.3) is 0 Å². The van der Waals surface area contributed by atoms with Crippen molar-refractivity contribution in [1.29, 1.82) is 0 Å². The van der Waals surface area contributed by atoms with Crippen molar-refractivity contribution in [3.05, 3.63) is 0 Å². The Morgan fingerprint density at radius 2 is 1.27 bits per heavy atom. The van der Waals surface area contributed by atoms with E-state index in [4.69, 9.17) is 6.15 Å². The molecule has 0 aromatic heterocycles. The molecule has 0 saturated heterocycles. The summed E-state index contributed by atoms with van der Waals surface area (Å²) >= 11 is -0.924. The topological polar surface area (TPSA) is 18.5 Å². The van der Waals surface area contributed by atoms with Gasteiger partial charge in [0.15, 0.2) is 0 Å². The van der Waals surface area contributed by atoms with Crippen molar-refractivity contribution in [2.24, 2.45) is 11.8 Å². The van der Waals surface area contributed by atoms with Crippen molar-refractivity contribution in [1.82, 2.24) is 0 Å². The quantitative estimate of drug-likeness (QED) is 0.539. The summed E-state index contributed by atoms with van der Waals surface area (Å²) in [6, 6.07) is 0. The second-order valence-electron chi connectivity index (χ2n) is 3.49. The fraction of sp³-hybridized carbons (Fsp3) is 1.00. The Balaban J connectivity index is 2.91. The van der Waals surface area contributed by atoms with Crippen LogP contribution in [0.1, 0.15) is 27.7 Å². The van der Waals surface area contributed by atoms with E-state index in [1.165, 1.54) is 0 Å². The number of hydrogen-bond donors (Lipinski definition) is 0. The second-order valence-corrected chi connectivity index (χ2v) is 5.62. The van der Waals surface area contributed by atoms with E-state index in [9.17, 15) is 0 Å². The van der Waals surface area contributed by atoms with Crippen LogP contribution >= 0.6 is 0 Å². The van der Waals surface area contributed by atoms with E-state index in [1.54, 1.807) is 0 Å². The monoisotopic (exact) mass is 266 g/mol. The van der Waals surface area contributed by atoms with E-state index in [0.29, 0.717) is 11.8 Å². The molecule has 0 aromatic carbocycles. The first kappa shape index (κ1) is 11.7. The van der Waals surface area contributed by atoms with Gasteiger partial charge in [-0.3, -0.25) is 0 Å². The van der Waals surface area contributed by atoms with Crippen molar-refractivity contribution in [3.63, 3.8) is 0 Å². The summed E-state index contributed by atoms with van der Waals surface area (Å²) in [5.41, 5.74) is 0. The van der Waals surface area contributed by atoms with Gasteiger partial charge in [-0.2, -0.15) is 0 Å². The van der Waals surface area contributed by atoms with Gasteiger partial charge in [0, 0.05) is 0 Å². The van der Waals surface area contributed by atoms with Crippen LogP contribution < -0.4 is 0 Å². The van der Waals surface area contributed by atoms with E-state index in [2.05, 4.69) is 27.7 Å². The third-order valence-electron chi connectivity index (χ3n) is 0.951. The molecule has 0 rings (SSSR count). The molecule has 66 valence electrons. The van der Waals surface area contributed by atoms with Crippen LogP contribution in [0.25, 0.3) is 0 Å². The van der Waals surface area contributed by atoms with E-state index < -0.39 is 22.0 Å².